The molecule has 0 unspecified atom stereocenters. The van der Waals surface area contributed by atoms with Crippen LogP contribution in [0, 0.1) is 5.82 Å². The van der Waals surface area contributed by atoms with Crippen LogP contribution in [0.2, 0.25) is 0 Å². The Morgan fingerprint density at radius 1 is 0.861 bits per heavy atom. The molecule has 0 bridgehead atoms. The summed E-state index contributed by atoms with van der Waals surface area (Å²) in [5.74, 6) is 1.48. The monoisotopic (exact) mass is 482 g/mol. The molecule has 1 fully saturated rings. The van der Waals surface area contributed by atoms with Gasteiger partial charge in [0.2, 0.25) is 0 Å². The highest BCUT2D eigenvalue weighted by Crippen LogP contribution is 2.23. The number of carbonyl (C=O) groups is 1. The smallest absolute Gasteiger partial charge is 0.258 e. The molecule has 1 aromatic heterocycles. The first-order valence-electron chi connectivity index (χ1n) is 12.0. The second kappa shape index (κ2) is 11.0. The Hall–Kier alpha value is -4.23. The molecule has 1 saturated heterocycles. The molecule has 1 aliphatic heterocycles. The molecule has 7 heteroatoms. The molecule has 4 aromatic rings. The number of pyridine rings is 1. The van der Waals surface area contributed by atoms with E-state index in [1.54, 1.807) is 24.4 Å². The van der Waals surface area contributed by atoms with Crippen LogP contribution in [0.15, 0.2) is 97.2 Å². The van der Waals surface area contributed by atoms with Gasteiger partial charge in [-0.1, -0.05) is 42.5 Å². The van der Waals surface area contributed by atoms with Crippen molar-refractivity contribution in [1.29, 1.82) is 0 Å². The third-order valence-corrected chi connectivity index (χ3v) is 6.10. The third kappa shape index (κ3) is 5.87. The number of benzene rings is 3. The second-order valence-corrected chi connectivity index (χ2v) is 8.66. The van der Waals surface area contributed by atoms with E-state index in [-0.39, 0.29) is 5.56 Å². The van der Waals surface area contributed by atoms with Crippen LogP contribution in [0.1, 0.15) is 15.9 Å². The number of nitrogens with zero attached hydrogens (tertiary/aromatic N) is 3. The van der Waals surface area contributed by atoms with E-state index < -0.39 is 11.7 Å². The van der Waals surface area contributed by atoms with Crippen molar-refractivity contribution in [2.24, 2.45) is 0 Å². The average molecular weight is 483 g/mol. The van der Waals surface area contributed by atoms with Crippen LogP contribution in [0.3, 0.4) is 0 Å². The largest absolute Gasteiger partial charge is 0.457 e. The highest BCUT2D eigenvalue weighted by atomic mass is 19.1. The van der Waals surface area contributed by atoms with E-state index in [2.05, 4.69) is 32.2 Å². The van der Waals surface area contributed by atoms with E-state index >= 15 is 0 Å². The Bertz CT molecular complexity index is 1310. The number of carbonyl (C=O) groups excluding carboxylic acids is 1. The minimum absolute atomic E-state index is 0.00913. The van der Waals surface area contributed by atoms with Crippen LogP contribution in [0.5, 0.6) is 11.5 Å². The van der Waals surface area contributed by atoms with E-state index in [1.165, 1.54) is 17.7 Å². The molecule has 3 aromatic carbocycles. The number of amides is 1. The van der Waals surface area contributed by atoms with E-state index in [4.69, 9.17) is 4.74 Å². The molecule has 0 atom stereocenters. The van der Waals surface area contributed by atoms with Crippen molar-refractivity contribution in [3.05, 3.63) is 114 Å². The zero-order chi connectivity index (χ0) is 24.7. The molecule has 0 radical (unpaired) electrons. The lowest BCUT2D eigenvalue weighted by atomic mass is 10.2. The maximum Gasteiger partial charge on any atom is 0.258 e. The number of hydrogen-bond acceptors (Lipinski definition) is 5. The average Bonchev–Trinajstić information content (AvgIpc) is 2.91. The fourth-order valence-corrected chi connectivity index (χ4v) is 4.22. The van der Waals surface area contributed by atoms with Gasteiger partial charge in [-0.3, -0.25) is 9.69 Å². The van der Waals surface area contributed by atoms with Crippen molar-refractivity contribution in [2.45, 2.75) is 6.54 Å². The molecular weight excluding hydrogens is 455 g/mol. The molecule has 182 valence electrons. The van der Waals surface area contributed by atoms with Gasteiger partial charge in [0.25, 0.3) is 5.91 Å². The summed E-state index contributed by atoms with van der Waals surface area (Å²) < 4.78 is 19.8. The summed E-state index contributed by atoms with van der Waals surface area (Å²) in [6.07, 6.45) is 1.61. The Labute approximate surface area is 210 Å². The molecule has 6 nitrogen and oxygen atoms in total. The number of rotatable bonds is 7. The molecule has 1 aliphatic rings. The van der Waals surface area contributed by atoms with E-state index in [0.29, 0.717) is 5.69 Å². The minimum Gasteiger partial charge on any atom is -0.457 e. The topological polar surface area (TPSA) is 57.7 Å². The number of anilines is 2. The summed E-state index contributed by atoms with van der Waals surface area (Å²) in [5, 5.41) is 2.70. The van der Waals surface area contributed by atoms with Gasteiger partial charge in [0.1, 0.15) is 23.1 Å². The highest BCUT2D eigenvalue weighted by Gasteiger charge is 2.19. The van der Waals surface area contributed by atoms with Crippen LogP contribution in [-0.2, 0) is 6.54 Å². The summed E-state index contributed by atoms with van der Waals surface area (Å²) in [6.45, 7) is 4.39. The van der Waals surface area contributed by atoms with Crippen LogP contribution in [-0.4, -0.2) is 42.0 Å². The Morgan fingerprint density at radius 2 is 1.61 bits per heavy atom. The number of ether oxygens (including phenoxy) is 1. The SMILES string of the molecule is O=C(Nc1ccc(N2CCN(Cc3cccc(Oc4ccccc4)c3)CC2)nc1)c1ccccc1F. The Kier molecular flexibility index (Phi) is 7.19. The Balaban J connectivity index is 1.13. The van der Waals surface area contributed by atoms with Gasteiger partial charge in [-0.15, -0.1) is 0 Å². The summed E-state index contributed by atoms with van der Waals surface area (Å²) in [6, 6.07) is 27.6. The lowest BCUT2D eigenvalue weighted by Crippen LogP contribution is -2.46. The number of halogens is 1. The van der Waals surface area contributed by atoms with Gasteiger partial charge in [0, 0.05) is 32.7 Å². The predicted octanol–water partition coefficient (Wildman–Crippen LogP) is 5.59. The van der Waals surface area contributed by atoms with Gasteiger partial charge in [-0.05, 0) is 54.1 Å². The fraction of sp³-hybridized carbons (Fsp3) is 0.172. The molecule has 2 heterocycles. The van der Waals surface area contributed by atoms with Crippen molar-refractivity contribution in [1.82, 2.24) is 9.88 Å². The maximum absolute atomic E-state index is 13.8. The predicted molar refractivity (Wildman–Crippen MR) is 139 cm³/mol. The standard InChI is InChI=1S/C29H27FN4O2/c30-27-12-5-4-11-26(27)29(35)32-23-13-14-28(31-20-23)34-17-15-33(16-18-34)21-22-7-6-10-25(19-22)36-24-8-2-1-3-9-24/h1-14,19-20H,15-18,21H2,(H,32,35). The van der Waals surface area contributed by atoms with Crippen molar-refractivity contribution in [2.75, 3.05) is 36.4 Å². The first-order chi connectivity index (χ1) is 17.6. The van der Waals surface area contributed by atoms with Gasteiger partial charge < -0.3 is 15.0 Å². The quantitative estimate of drug-likeness (QED) is 0.372. The molecule has 0 aliphatic carbocycles. The van der Waals surface area contributed by atoms with Crippen LogP contribution >= 0.6 is 0 Å². The minimum atomic E-state index is -0.548. The van der Waals surface area contributed by atoms with Crippen LogP contribution < -0.4 is 15.0 Å². The van der Waals surface area contributed by atoms with Gasteiger partial charge in [0.05, 0.1) is 17.4 Å². The normalized spacial score (nSPS) is 13.9. The molecular formula is C29H27FN4O2. The molecule has 5 rings (SSSR count). The summed E-state index contributed by atoms with van der Waals surface area (Å²) >= 11 is 0. The number of para-hydroxylation sites is 1. The van der Waals surface area contributed by atoms with Crippen LogP contribution in [0.4, 0.5) is 15.9 Å². The fourth-order valence-electron chi connectivity index (χ4n) is 4.22. The zero-order valence-corrected chi connectivity index (χ0v) is 19.8. The molecule has 0 saturated carbocycles. The number of nitrogens with one attached hydrogen (secondary N) is 1. The second-order valence-electron chi connectivity index (χ2n) is 8.66. The molecule has 36 heavy (non-hydrogen) atoms. The van der Waals surface area contributed by atoms with Crippen LogP contribution in [0.25, 0.3) is 0 Å². The van der Waals surface area contributed by atoms with Crippen molar-refractivity contribution >= 4 is 17.4 Å². The van der Waals surface area contributed by atoms with E-state index in [9.17, 15) is 9.18 Å². The first-order valence-corrected chi connectivity index (χ1v) is 12.0. The van der Waals surface area contributed by atoms with E-state index in [0.717, 1.165) is 50.0 Å². The van der Waals surface area contributed by atoms with Gasteiger partial charge in [-0.2, -0.15) is 0 Å². The highest BCUT2D eigenvalue weighted by molar-refractivity contribution is 6.04. The molecule has 1 N–H and O–H groups in total. The number of aromatic nitrogens is 1. The van der Waals surface area contributed by atoms with Gasteiger partial charge in [0.15, 0.2) is 0 Å². The molecule has 0 spiro atoms. The van der Waals surface area contributed by atoms with Crippen molar-refractivity contribution in [3.63, 3.8) is 0 Å². The zero-order valence-electron chi connectivity index (χ0n) is 19.8. The van der Waals surface area contributed by atoms with Gasteiger partial charge in [-0.25, -0.2) is 9.37 Å². The lowest BCUT2D eigenvalue weighted by Gasteiger charge is -2.35. The van der Waals surface area contributed by atoms with Gasteiger partial charge >= 0.3 is 0 Å². The maximum atomic E-state index is 13.8. The van der Waals surface area contributed by atoms with Crippen molar-refractivity contribution in [3.8, 4) is 11.5 Å². The Morgan fingerprint density at radius 3 is 2.36 bits per heavy atom. The van der Waals surface area contributed by atoms with Crippen molar-refractivity contribution < 1.29 is 13.9 Å². The van der Waals surface area contributed by atoms with E-state index in [1.807, 2.05) is 48.5 Å². The summed E-state index contributed by atoms with van der Waals surface area (Å²) in [4.78, 5) is 21.5. The number of hydrogen-bond donors (Lipinski definition) is 1. The summed E-state index contributed by atoms with van der Waals surface area (Å²) in [7, 11) is 0. The first kappa shape index (κ1) is 23.5. The third-order valence-electron chi connectivity index (χ3n) is 6.10. The lowest BCUT2D eigenvalue weighted by molar-refractivity contribution is 0.102. The summed E-state index contributed by atoms with van der Waals surface area (Å²) in [5.41, 5.74) is 1.75. The number of piperazine rings is 1. The molecule has 1 amide bonds.